The second-order valence-electron chi connectivity index (χ2n) is 4.59. The first-order chi connectivity index (χ1) is 11.0. The molecule has 2 amide bonds. The lowest BCUT2D eigenvalue weighted by molar-refractivity contribution is -0.123. The Labute approximate surface area is 146 Å². The smallest absolute Gasteiger partial charge is 0.285 e. The third kappa shape index (κ3) is 3.47. The minimum absolute atomic E-state index is 0.267. The minimum Gasteiger partial charge on any atom is -0.362 e. The second-order valence-corrected chi connectivity index (χ2v) is 6.71. The summed E-state index contributed by atoms with van der Waals surface area (Å²) in [7, 11) is 0. The molecule has 1 fully saturated rings. The summed E-state index contributed by atoms with van der Waals surface area (Å²) in [4.78, 5) is 28.0. The average molecular weight is 364 g/mol. The maximum absolute atomic E-state index is 12.4. The molecule has 2 N–H and O–H groups in total. The van der Waals surface area contributed by atoms with Crippen molar-refractivity contribution >= 4 is 57.8 Å². The predicted octanol–water partition coefficient (Wildman–Crippen LogP) is 3.21. The standard InChI is InChI=1S/C15H10ClN3O2S2/c16-10-4-1-3-9(7-10)13(20)18-19-14(21)12(23-15(19)22)8-11-5-2-6-17-11/h1-8,17H,(H,18,20)/b12-8+. The molecule has 1 aliphatic heterocycles. The highest BCUT2D eigenvalue weighted by Gasteiger charge is 2.33. The number of carbonyl (C=O) groups excluding carboxylic acids is 2. The van der Waals surface area contributed by atoms with Gasteiger partial charge in [-0.15, -0.1) is 0 Å². The zero-order valence-electron chi connectivity index (χ0n) is 11.6. The van der Waals surface area contributed by atoms with Crippen molar-refractivity contribution in [1.29, 1.82) is 0 Å². The summed E-state index contributed by atoms with van der Waals surface area (Å²) in [5.41, 5.74) is 3.64. The largest absolute Gasteiger partial charge is 0.362 e. The van der Waals surface area contributed by atoms with Gasteiger partial charge in [-0.05, 0) is 48.6 Å². The van der Waals surface area contributed by atoms with Crippen LogP contribution in [0.15, 0.2) is 47.5 Å². The number of hydrogen-bond donors (Lipinski definition) is 2. The first kappa shape index (κ1) is 15.8. The molecule has 8 heteroatoms. The number of nitrogens with one attached hydrogen (secondary N) is 2. The van der Waals surface area contributed by atoms with Crippen molar-refractivity contribution in [2.75, 3.05) is 0 Å². The van der Waals surface area contributed by atoms with Gasteiger partial charge >= 0.3 is 0 Å². The number of hydrazine groups is 1. The van der Waals surface area contributed by atoms with Crippen LogP contribution in [0.2, 0.25) is 5.02 Å². The summed E-state index contributed by atoms with van der Waals surface area (Å²) < 4.78 is 0.267. The number of thiocarbonyl (C=S) groups is 1. The first-order valence-corrected chi connectivity index (χ1v) is 8.13. The van der Waals surface area contributed by atoms with Crippen molar-refractivity contribution in [2.24, 2.45) is 0 Å². The van der Waals surface area contributed by atoms with Gasteiger partial charge in [-0.25, -0.2) is 0 Å². The van der Waals surface area contributed by atoms with Gasteiger partial charge in [-0.3, -0.25) is 15.0 Å². The lowest BCUT2D eigenvalue weighted by atomic mass is 10.2. The number of aromatic nitrogens is 1. The summed E-state index contributed by atoms with van der Waals surface area (Å²) in [6, 6.07) is 10.1. The lowest BCUT2D eigenvalue weighted by Gasteiger charge is -2.15. The Bertz CT molecular complexity index is 818. The van der Waals surface area contributed by atoms with Crippen molar-refractivity contribution < 1.29 is 9.59 Å². The molecule has 3 rings (SSSR count). The van der Waals surface area contributed by atoms with Gasteiger partial charge in [0, 0.05) is 22.5 Å². The lowest BCUT2D eigenvalue weighted by Crippen LogP contribution is -2.44. The quantitative estimate of drug-likeness (QED) is 0.649. The highest BCUT2D eigenvalue weighted by atomic mass is 35.5. The molecule has 0 bridgehead atoms. The Morgan fingerprint density at radius 1 is 1.35 bits per heavy atom. The van der Waals surface area contributed by atoms with E-state index in [1.807, 2.05) is 12.1 Å². The molecule has 0 atom stereocenters. The Morgan fingerprint density at radius 3 is 2.87 bits per heavy atom. The molecule has 0 aliphatic carbocycles. The molecule has 1 aromatic heterocycles. The zero-order chi connectivity index (χ0) is 16.4. The van der Waals surface area contributed by atoms with Gasteiger partial charge in [0.05, 0.1) is 4.91 Å². The highest BCUT2D eigenvalue weighted by Crippen LogP contribution is 2.31. The minimum atomic E-state index is -0.454. The maximum Gasteiger partial charge on any atom is 0.285 e. The molecule has 0 spiro atoms. The van der Waals surface area contributed by atoms with Crippen LogP contribution >= 0.6 is 35.6 Å². The Kier molecular flexibility index (Phi) is 4.51. The molecular weight excluding hydrogens is 354 g/mol. The van der Waals surface area contributed by atoms with E-state index in [0.29, 0.717) is 15.5 Å². The van der Waals surface area contributed by atoms with Gasteiger partial charge < -0.3 is 4.98 Å². The Hall–Kier alpha value is -2.09. The molecule has 0 unspecified atom stereocenters. The van der Waals surface area contributed by atoms with Gasteiger partial charge in [0.1, 0.15) is 0 Å². The van der Waals surface area contributed by atoms with E-state index in [-0.39, 0.29) is 10.2 Å². The van der Waals surface area contributed by atoms with Gasteiger partial charge in [-0.2, -0.15) is 5.01 Å². The fourth-order valence-electron chi connectivity index (χ4n) is 1.94. The number of amides is 2. The van der Waals surface area contributed by atoms with Gasteiger partial charge in [0.25, 0.3) is 11.8 Å². The third-order valence-electron chi connectivity index (χ3n) is 3.00. The van der Waals surface area contributed by atoms with E-state index in [1.165, 1.54) is 6.07 Å². The number of H-pyrrole nitrogens is 1. The molecule has 1 aliphatic rings. The average Bonchev–Trinajstić information content (AvgIpc) is 3.12. The fourth-order valence-corrected chi connectivity index (χ4v) is 3.30. The molecular formula is C15H10ClN3O2S2. The van der Waals surface area contributed by atoms with Gasteiger partial charge in [-0.1, -0.05) is 29.4 Å². The van der Waals surface area contributed by atoms with E-state index in [4.69, 9.17) is 23.8 Å². The van der Waals surface area contributed by atoms with E-state index in [0.717, 1.165) is 22.5 Å². The summed E-state index contributed by atoms with van der Waals surface area (Å²) >= 11 is 12.2. The SMILES string of the molecule is O=C(NN1C(=O)/C(=C\c2ccc[nH]2)SC1=S)c1cccc(Cl)c1. The van der Waals surface area contributed by atoms with Crippen molar-refractivity contribution in [2.45, 2.75) is 0 Å². The summed E-state index contributed by atoms with van der Waals surface area (Å²) in [6.07, 6.45) is 3.44. The molecule has 2 aromatic rings. The van der Waals surface area contributed by atoms with Crippen LogP contribution in [0.5, 0.6) is 0 Å². The number of rotatable bonds is 3. The van der Waals surface area contributed by atoms with Crippen LogP contribution in [0.4, 0.5) is 0 Å². The second kappa shape index (κ2) is 6.57. The van der Waals surface area contributed by atoms with E-state index in [1.54, 1.807) is 30.5 Å². The van der Waals surface area contributed by atoms with Crippen LogP contribution in [0.1, 0.15) is 16.1 Å². The van der Waals surface area contributed by atoms with Gasteiger partial charge in [0.2, 0.25) is 0 Å². The zero-order valence-corrected chi connectivity index (χ0v) is 14.0. The number of halogens is 1. The Balaban J connectivity index is 1.77. The molecule has 1 saturated heterocycles. The number of aromatic amines is 1. The highest BCUT2D eigenvalue weighted by molar-refractivity contribution is 8.26. The Morgan fingerprint density at radius 2 is 2.17 bits per heavy atom. The monoisotopic (exact) mass is 363 g/mol. The predicted molar refractivity (Wildman–Crippen MR) is 94.7 cm³/mol. The number of nitrogens with zero attached hydrogens (tertiary/aromatic N) is 1. The molecule has 0 radical (unpaired) electrons. The van der Waals surface area contributed by atoms with Crippen molar-refractivity contribution in [3.63, 3.8) is 0 Å². The third-order valence-corrected chi connectivity index (χ3v) is 4.54. The van der Waals surface area contributed by atoms with E-state index >= 15 is 0 Å². The molecule has 23 heavy (non-hydrogen) atoms. The molecule has 5 nitrogen and oxygen atoms in total. The normalized spacial score (nSPS) is 16.2. The van der Waals surface area contributed by atoms with Crippen molar-refractivity contribution in [1.82, 2.24) is 15.4 Å². The van der Waals surface area contributed by atoms with E-state index < -0.39 is 5.91 Å². The number of carbonyl (C=O) groups is 2. The van der Waals surface area contributed by atoms with Crippen LogP contribution in [0, 0.1) is 0 Å². The van der Waals surface area contributed by atoms with E-state index in [9.17, 15) is 9.59 Å². The van der Waals surface area contributed by atoms with Crippen LogP contribution in [0.25, 0.3) is 6.08 Å². The van der Waals surface area contributed by atoms with Crippen LogP contribution in [-0.4, -0.2) is 26.1 Å². The van der Waals surface area contributed by atoms with Crippen LogP contribution in [0.3, 0.4) is 0 Å². The fraction of sp³-hybridized carbons (Fsp3) is 0. The first-order valence-electron chi connectivity index (χ1n) is 6.52. The van der Waals surface area contributed by atoms with Gasteiger partial charge in [0.15, 0.2) is 4.32 Å². The number of thioether (sulfide) groups is 1. The number of hydrogen-bond acceptors (Lipinski definition) is 4. The molecule has 1 aromatic carbocycles. The molecule has 2 heterocycles. The summed E-state index contributed by atoms with van der Waals surface area (Å²) in [6.45, 7) is 0. The molecule has 116 valence electrons. The van der Waals surface area contributed by atoms with Crippen LogP contribution < -0.4 is 5.43 Å². The summed E-state index contributed by atoms with van der Waals surface area (Å²) in [5.74, 6) is -0.824. The summed E-state index contributed by atoms with van der Waals surface area (Å²) in [5, 5.41) is 1.51. The van der Waals surface area contributed by atoms with Crippen LogP contribution in [-0.2, 0) is 4.79 Å². The number of benzene rings is 1. The van der Waals surface area contributed by atoms with E-state index in [2.05, 4.69) is 10.4 Å². The molecule has 0 saturated carbocycles. The topological polar surface area (TPSA) is 65.2 Å². The van der Waals surface area contributed by atoms with Crippen molar-refractivity contribution in [3.8, 4) is 0 Å². The maximum atomic E-state index is 12.4. The van der Waals surface area contributed by atoms with Crippen molar-refractivity contribution in [3.05, 3.63) is 63.8 Å².